The van der Waals surface area contributed by atoms with Gasteiger partial charge < -0.3 is 0 Å². The summed E-state index contributed by atoms with van der Waals surface area (Å²) in [5, 5.41) is 0. The van der Waals surface area contributed by atoms with Crippen molar-refractivity contribution in [3.8, 4) is 0 Å². The molecule has 1 atom stereocenters. The van der Waals surface area contributed by atoms with E-state index in [2.05, 4.69) is 6.92 Å². The van der Waals surface area contributed by atoms with E-state index in [4.69, 9.17) is 0 Å². The first-order chi connectivity index (χ1) is 13.1. The number of nitrogens with zero attached hydrogens (tertiary/aromatic N) is 1. The molecular weight excluding hydrogens is 341 g/mol. The third-order valence-electron chi connectivity index (χ3n) is 5.56. The zero-order valence-corrected chi connectivity index (χ0v) is 15.4. The number of carbonyl (C=O) groups excluding carboxylic acids is 2. The van der Waals surface area contributed by atoms with E-state index >= 15 is 0 Å². The number of hydrogen-bond donors (Lipinski definition) is 0. The standard InChI is InChI=1S/C23H22FNO2/c1-2-15-10-12-16(13-11-15)25-20-8-5-9-21(26)23(20)18(14-22(25)27)17-6-3-4-7-19(17)24/h3-4,6-7,10-13,18H,2,5,8-9,14H2,1H3. The molecule has 0 bridgehead atoms. The number of ketones is 1. The quantitative estimate of drug-likeness (QED) is 0.776. The second kappa shape index (κ2) is 7.10. The maximum absolute atomic E-state index is 14.4. The molecule has 0 saturated carbocycles. The fourth-order valence-electron chi connectivity index (χ4n) is 4.20. The van der Waals surface area contributed by atoms with Crippen LogP contribution in [0.4, 0.5) is 10.1 Å². The highest BCUT2D eigenvalue weighted by Gasteiger charge is 2.40. The van der Waals surface area contributed by atoms with Gasteiger partial charge in [-0.15, -0.1) is 0 Å². The molecule has 1 amide bonds. The summed E-state index contributed by atoms with van der Waals surface area (Å²) in [7, 11) is 0. The Labute approximate surface area is 158 Å². The number of hydrogen-bond acceptors (Lipinski definition) is 2. The lowest BCUT2D eigenvalue weighted by Gasteiger charge is -2.38. The van der Waals surface area contributed by atoms with E-state index < -0.39 is 5.92 Å². The summed E-state index contributed by atoms with van der Waals surface area (Å²) in [5.74, 6) is -0.901. The van der Waals surface area contributed by atoms with Crippen LogP contribution >= 0.6 is 0 Å². The van der Waals surface area contributed by atoms with Crippen LogP contribution in [0.1, 0.15) is 49.7 Å². The largest absolute Gasteiger partial charge is 0.294 e. The number of anilines is 1. The summed E-state index contributed by atoms with van der Waals surface area (Å²) in [5.41, 5.74) is 3.79. The third kappa shape index (κ3) is 3.09. The molecule has 0 fully saturated rings. The highest BCUT2D eigenvalue weighted by molar-refractivity contribution is 6.07. The lowest BCUT2D eigenvalue weighted by Crippen LogP contribution is -2.40. The molecule has 0 spiro atoms. The summed E-state index contributed by atoms with van der Waals surface area (Å²) < 4.78 is 14.4. The van der Waals surface area contributed by atoms with Crippen LogP contribution < -0.4 is 4.90 Å². The van der Waals surface area contributed by atoms with E-state index in [1.54, 1.807) is 23.1 Å². The summed E-state index contributed by atoms with van der Waals surface area (Å²) >= 11 is 0. The van der Waals surface area contributed by atoms with Crippen LogP contribution in [0.5, 0.6) is 0 Å². The summed E-state index contributed by atoms with van der Waals surface area (Å²) in [4.78, 5) is 27.5. The van der Waals surface area contributed by atoms with Crippen molar-refractivity contribution in [3.05, 3.63) is 76.7 Å². The molecule has 1 aliphatic heterocycles. The molecule has 3 nitrogen and oxygen atoms in total. The highest BCUT2D eigenvalue weighted by atomic mass is 19.1. The molecule has 1 aliphatic carbocycles. The molecule has 1 heterocycles. The number of benzene rings is 2. The zero-order chi connectivity index (χ0) is 19.0. The Morgan fingerprint density at radius 1 is 1.04 bits per heavy atom. The van der Waals surface area contributed by atoms with Crippen molar-refractivity contribution in [1.29, 1.82) is 0 Å². The minimum Gasteiger partial charge on any atom is -0.294 e. The number of allylic oxidation sites excluding steroid dienone is 2. The number of aryl methyl sites for hydroxylation is 1. The van der Waals surface area contributed by atoms with Gasteiger partial charge in [-0.1, -0.05) is 37.3 Å². The summed E-state index contributed by atoms with van der Waals surface area (Å²) in [6, 6.07) is 14.4. The van der Waals surface area contributed by atoms with E-state index in [1.165, 1.54) is 11.6 Å². The topological polar surface area (TPSA) is 37.4 Å². The lowest BCUT2D eigenvalue weighted by atomic mass is 9.77. The molecule has 138 valence electrons. The van der Waals surface area contributed by atoms with Crippen molar-refractivity contribution >= 4 is 17.4 Å². The van der Waals surface area contributed by atoms with E-state index in [1.807, 2.05) is 24.3 Å². The van der Waals surface area contributed by atoms with Crippen molar-refractivity contribution in [2.75, 3.05) is 4.90 Å². The first-order valence-corrected chi connectivity index (χ1v) is 9.52. The van der Waals surface area contributed by atoms with Crippen molar-refractivity contribution < 1.29 is 14.0 Å². The summed E-state index contributed by atoms with van der Waals surface area (Å²) in [6.45, 7) is 2.08. The number of carbonyl (C=O) groups is 2. The van der Waals surface area contributed by atoms with Gasteiger partial charge in [-0.3, -0.25) is 14.5 Å². The van der Waals surface area contributed by atoms with Gasteiger partial charge in [-0.25, -0.2) is 4.39 Å². The maximum atomic E-state index is 14.4. The van der Waals surface area contributed by atoms with Gasteiger partial charge >= 0.3 is 0 Å². The van der Waals surface area contributed by atoms with E-state index in [0.717, 1.165) is 24.2 Å². The molecule has 4 heteroatoms. The van der Waals surface area contributed by atoms with E-state index in [9.17, 15) is 14.0 Å². The fourth-order valence-corrected chi connectivity index (χ4v) is 4.20. The number of halogens is 1. The van der Waals surface area contributed by atoms with Crippen LogP contribution in [0, 0.1) is 5.82 Å². The van der Waals surface area contributed by atoms with Gasteiger partial charge in [0, 0.05) is 35.7 Å². The first kappa shape index (κ1) is 17.7. The molecule has 0 saturated heterocycles. The molecule has 2 aliphatic rings. The second-order valence-electron chi connectivity index (χ2n) is 7.16. The fraction of sp³-hybridized carbons (Fsp3) is 0.304. The van der Waals surface area contributed by atoms with Crippen molar-refractivity contribution in [2.45, 2.75) is 44.9 Å². The lowest BCUT2D eigenvalue weighted by molar-refractivity contribution is -0.119. The minimum absolute atomic E-state index is 0.0344. The monoisotopic (exact) mass is 363 g/mol. The van der Waals surface area contributed by atoms with Crippen molar-refractivity contribution in [3.63, 3.8) is 0 Å². The third-order valence-corrected chi connectivity index (χ3v) is 5.56. The van der Waals surface area contributed by atoms with Gasteiger partial charge in [0.05, 0.1) is 0 Å². The van der Waals surface area contributed by atoms with Gasteiger partial charge in [0.1, 0.15) is 5.82 Å². The molecule has 27 heavy (non-hydrogen) atoms. The SMILES string of the molecule is CCc1ccc(N2C(=O)CC(c3ccccc3F)C3=C2CCCC3=O)cc1. The Morgan fingerprint density at radius 3 is 2.48 bits per heavy atom. The normalized spacial score (nSPS) is 20.1. The molecule has 0 radical (unpaired) electrons. The van der Waals surface area contributed by atoms with Crippen LogP contribution in [0.2, 0.25) is 0 Å². The maximum Gasteiger partial charge on any atom is 0.232 e. The molecule has 0 aromatic heterocycles. The van der Waals surface area contributed by atoms with Crippen LogP contribution in [0.25, 0.3) is 0 Å². The van der Waals surface area contributed by atoms with Gasteiger partial charge in [-0.05, 0) is 48.6 Å². The Kier molecular flexibility index (Phi) is 4.65. The van der Waals surface area contributed by atoms with Gasteiger partial charge in [0.15, 0.2) is 5.78 Å². The molecule has 0 N–H and O–H groups in total. The average Bonchev–Trinajstić information content (AvgIpc) is 2.68. The van der Waals surface area contributed by atoms with Crippen molar-refractivity contribution in [1.82, 2.24) is 0 Å². The Balaban J connectivity index is 1.84. The number of Topliss-reactive ketones (excluding diaryl/α,β-unsaturated/α-hetero) is 1. The van der Waals surface area contributed by atoms with Crippen LogP contribution in [0.15, 0.2) is 59.8 Å². The van der Waals surface area contributed by atoms with Gasteiger partial charge in [-0.2, -0.15) is 0 Å². The van der Waals surface area contributed by atoms with Crippen LogP contribution in [-0.4, -0.2) is 11.7 Å². The predicted molar refractivity (Wildman–Crippen MR) is 103 cm³/mol. The van der Waals surface area contributed by atoms with Crippen LogP contribution in [-0.2, 0) is 16.0 Å². The Morgan fingerprint density at radius 2 is 1.78 bits per heavy atom. The number of amides is 1. The molecule has 1 unspecified atom stereocenters. The molecule has 2 aromatic carbocycles. The smallest absolute Gasteiger partial charge is 0.232 e. The average molecular weight is 363 g/mol. The second-order valence-corrected chi connectivity index (χ2v) is 7.16. The Bertz CT molecular complexity index is 930. The minimum atomic E-state index is -0.493. The summed E-state index contributed by atoms with van der Waals surface area (Å²) in [6.07, 6.45) is 2.88. The van der Waals surface area contributed by atoms with Crippen LogP contribution in [0.3, 0.4) is 0 Å². The predicted octanol–water partition coefficient (Wildman–Crippen LogP) is 4.92. The Hall–Kier alpha value is -2.75. The number of rotatable bonds is 3. The zero-order valence-electron chi connectivity index (χ0n) is 15.4. The van der Waals surface area contributed by atoms with E-state index in [0.29, 0.717) is 24.0 Å². The highest BCUT2D eigenvalue weighted by Crippen LogP contribution is 2.43. The van der Waals surface area contributed by atoms with E-state index in [-0.39, 0.29) is 23.9 Å². The molecule has 4 rings (SSSR count). The van der Waals surface area contributed by atoms with Gasteiger partial charge in [0.25, 0.3) is 0 Å². The first-order valence-electron chi connectivity index (χ1n) is 9.52. The van der Waals surface area contributed by atoms with Gasteiger partial charge in [0.2, 0.25) is 5.91 Å². The van der Waals surface area contributed by atoms with Crippen molar-refractivity contribution in [2.24, 2.45) is 0 Å². The molecule has 2 aromatic rings. The molecular formula is C23H22FNO2.